The molecule has 0 radical (unpaired) electrons. The fraction of sp³-hybridized carbons (Fsp3) is 0.400. The molecule has 1 saturated heterocycles. The average Bonchev–Trinajstić information content (AvgIpc) is 3.08. The van der Waals surface area contributed by atoms with Gasteiger partial charge >= 0.3 is 0 Å². The van der Waals surface area contributed by atoms with Crippen LogP contribution in [0.4, 0.5) is 4.39 Å². The molecule has 0 aliphatic carbocycles. The molecule has 1 amide bonds. The third kappa shape index (κ3) is 2.67. The van der Waals surface area contributed by atoms with E-state index in [1.807, 2.05) is 6.20 Å². The number of rotatable bonds is 4. The van der Waals surface area contributed by atoms with Crippen molar-refractivity contribution in [2.24, 2.45) is 5.92 Å². The number of amides is 1. The lowest BCUT2D eigenvalue weighted by Crippen LogP contribution is -2.32. The third-order valence-corrected chi connectivity index (χ3v) is 3.72. The minimum absolute atomic E-state index is 0.00735. The van der Waals surface area contributed by atoms with E-state index in [2.05, 4.69) is 10.3 Å². The number of halogens is 1. The third-order valence-electron chi connectivity index (χ3n) is 3.72. The van der Waals surface area contributed by atoms with Crippen LogP contribution in [0.1, 0.15) is 12.0 Å². The molecule has 2 heterocycles. The lowest BCUT2D eigenvalue weighted by atomic mass is 10.1. The zero-order valence-corrected chi connectivity index (χ0v) is 11.1. The highest BCUT2D eigenvalue weighted by Crippen LogP contribution is 2.19. The highest BCUT2D eigenvalue weighted by molar-refractivity contribution is 5.83. The number of carbonyl (C=O) groups is 1. The van der Waals surface area contributed by atoms with Crippen molar-refractivity contribution < 1.29 is 13.9 Å². The molecule has 2 N–H and O–H groups in total. The SMILES string of the molecule is O=C(NCCc1c[nH]c2cc(F)ccc12)C1CCOC1. The average molecular weight is 276 g/mol. The molecular weight excluding hydrogens is 259 g/mol. The first-order chi connectivity index (χ1) is 9.74. The van der Waals surface area contributed by atoms with Gasteiger partial charge in [0.1, 0.15) is 5.82 Å². The smallest absolute Gasteiger partial charge is 0.225 e. The summed E-state index contributed by atoms with van der Waals surface area (Å²) in [5.41, 5.74) is 1.87. The van der Waals surface area contributed by atoms with E-state index in [1.54, 1.807) is 6.07 Å². The summed E-state index contributed by atoms with van der Waals surface area (Å²) in [5.74, 6) is -0.194. The van der Waals surface area contributed by atoms with Crippen LogP contribution in [0.2, 0.25) is 0 Å². The summed E-state index contributed by atoms with van der Waals surface area (Å²) in [4.78, 5) is 14.9. The molecule has 5 heteroatoms. The topological polar surface area (TPSA) is 54.1 Å². The molecule has 3 rings (SSSR count). The maximum Gasteiger partial charge on any atom is 0.225 e. The predicted molar refractivity (Wildman–Crippen MR) is 73.9 cm³/mol. The Morgan fingerprint density at radius 1 is 1.50 bits per heavy atom. The Morgan fingerprint density at radius 3 is 3.20 bits per heavy atom. The van der Waals surface area contributed by atoms with E-state index >= 15 is 0 Å². The number of hydrogen-bond donors (Lipinski definition) is 2. The lowest BCUT2D eigenvalue weighted by Gasteiger charge is -2.08. The molecule has 0 saturated carbocycles. The van der Waals surface area contributed by atoms with E-state index in [-0.39, 0.29) is 17.6 Å². The largest absolute Gasteiger partial charge is 0.381 e. The molecule has 1 fully saturated rings. The maximum atomic E-state index is 13.1. The van der Waals surface area contributed by atoms with Crippen molar-refractivity contribution in [1.29, 1.82) is 0 Å². The van der Waals surface area contributed by atoms with Crippen LogP contribution in [-0.4, -0.2) is 30.6 Å². The quantitative estimate of drug-likeness (QED) is 0.897. The molecule has 1 aromatic heterocycles. The Balaban J connectivity index is 1.58. The summed E-state index contributed by atoms with van der Waals surface area (Å²) >= 11 is 0. The minimum atomic E-state index is -0.250. The molecule has 0 bridgehead atoms. The molecule has 1 aliphatic rings. The zero-order chi connectivity index (χ0) is 13.9. The minimum Gasteiger partial charge on any atom is -0.381 e. The molecule has 4 nitrogen and oxygen atoms in total. The van der Waals surface area contributed by atoms with Gasteiger partial charge in [0.25, 0.3) is 0 Å². The Hall–Kier alpha value is -1.88. The number of nitrogens with one attached hydrogen (secondary N) is 2. The van der Waals surface area contributed by atoms with Gasteiger partial charge in [0, 0.05) is 30.3 Å². The molecule has 1 aromatic carbocycles. The van der Waals surface area contributed by atoms with Crippen LogP contribution in [0, 0.1) is 11.7 Å². The van der Waals surface area contributed by atoms with Crippen LogP contribution in [0.3, 0.4) is 0 Å². The van der Waals surface area contributed by atoms with Gasteiger partial charge in [0.15, 0.2) is 0 Å². The van der Waals surface area contributed by atoms with E-state index in [1.165, 1.54) is 12.1 Å². The van der Waals surface area contributed by atoms with Crippen molar-refractivity contribution in [3.63, 3.8) is 0 Å². The second kappa shape index (κ2) is 5.63. The summed E-state index contributed by atoms with van der Waals surface area (Å²) in [7, 11) is 0. The maximum absolute atomic E-state index is 13.1. The molecular formula is C15H17FN2O2. The molecule has 0 spiro atoms. The van der Waals surface area contributed by atoms with E-state index in [9.17, 15) is 9.18 Å². The number of aromatic amines is 1. The number of aromatic nitrogens is 1. The summed E-state index contributed by atoms with van der Waals surface area (Å²) in [6.45, 7) is 1.78. The van der Waals surface area contributed by atoms with Crippen molar-refractivity contribution in [2.45, 2.75) is 12.8 Å². The first-order valence-electron chi connectivity index (χ1n) is 6.85. The Bertz CT molecular complexity index is 617. The molecule has 20 heavy (non-hydrogen) atoms. The monoisotopic (exact) mass is 276 g/mol. The number of fused-ring (bicyclic) bond motifs is 1. The first-order valence-corrected chi connectivity index (χ1v) is 6.85. The van der Waals surface area contributed by atoms with Crippen LogP contribution < -0.4 is 5.32 Å². The van der Waals surface area contributed by atoms with E-state index in [0.29, 0.717) is 19.8 Å². The highest BCUT2D eigenvalue weighted by atomic mass is 19.1. The lowest BCUT2D eigenvalue weighted by molar-refractivity contribution is -0.124. The Kier molecular flexibility index (Phi) is 3.69. The van der Waals surface area contributed by atoms with Crippen LogP contribution in [0.25, 0.3) is 10.9 Å². The van der Waals surface area contributed by atoms with Crippen LogP contribution in [0.5, 0.6) is 0 Å². The Labute approximate surface area is 116 Å². The number of carbonyl (C=O) groups excluding carboxylic acids is 1. The second-order valence-electron chi connectivity index (χ2n) is 5.11. The van der Waals surface area contributed by atoms with Crippen LogP contribution in [0.15, 0.2) is 24.4 Å². The molecule has 1 unspecified atom stereocenters. The molecule has 1 atom stereocenters. The number of hydrogen-bond acceptors (Lipinski definition) is 2. The van der Waals surface area contributed by atoms with Gasteiger partial charge in [-0.3, -0.25) is 4.79 Å². The van der Waals surface area contributed by atoms with Gasteiger partial charge in [-0.1, -0.05) is 0 Å². The number of benzene rings is 1. The van der Waals surface area contributed by atoms with Gasteiger partial charge in [-0.05, 0) is 36.6 Å². The standard InChI is InChI=1S/C15H17FN2O2/c16-12-1-2-13-10(8-18-14(13)7-12)3-5-17-15(19)11-4-6-20-9-11/h1-2,7-8,11,18H,3-6,9H2,(H,17,19). The normalized spacial score (nSPS) is 18.6. The van der Waals surface area contributed by atoms with E-state index in [0.717, 1.165) is 29.3 Å². The van der Waals surface area contributed by atoms with Gasteiger partial charge in [-0.25, -0.2) is 4.39 Å². The van der Waals surface area contributed by atoms with Crippen molar-refractivity contribution in [2.75, 3.05) is 19.8 Å². The molecule has 106 valence electrons. The fourth-order valence-electron chi connectivity index (χ4n) is 2.57. The molecule has 1 aliphatic heterocycles. The summed E-state index contributed by atoms with van der Waals surface area (Å²) in [5, 5.41) is 3.94. The predicted octanol–water partition coefficient (Wildman–Crippen LogP) is 2.00. The second-order valence-corrected chi connectivity index (χ2v) is 5.11. The van der Waals surface area contributed by atoms with Crippen molar-refractivity contribution in [3.8, 4) is 0 Å². The van der Waals surface area contributed by atoms with Crippen molar-refractivity contribution >= 4 is 16.8 Å². The van der Waals surface area contributed by atoms with Crippen molar-refractivity contribution in [1.82, 2.24) is 10.3 Å². The van der Waals surface area contributed by atoms with Crippen LogP contribution in [-0.2, 0) is 16.0 Å². The van der Waals surface area contributed by atoms with Gasteiger partial charge in [0.05, 0.1) is 12.5 Å². The molecule has 2 aromatic rings. The summed E-state index contributed by atoms with van der Waals surface area (Å²) < 4.78 is 18.3. The highest BCUT2D eigenvalue weighted by Gasteiger charge is 2.22. The van der Waals surface area contributed by atoms with Gasteiger partial charge in [-0.15, -0.1) is 0 Å². The van der Waals surface area contributed by atoms with E-state index in [4.69, 9.17) is 4.74 Å². The van der Waals surface area contributed by atoms with Crippen LogP contribution >= 0.6 is 0 Å². The zero-order valence-electron chi connectivity index (χ0n) is 11.1. The van der Waals surface area contributed by atoms with Crippen molar-refractivity contribution in [3.05, 3.63) is 35.8 Å². The summed E-state index contributed by atoms with van der Waals surface area (Å²) in [6.07, 6.45) is 3.40. The Morgan fingerprint density at radius 2 is 2.40 bits per heavy atom. The first kappa shape index (κ1) is 13.1. The summed E-state index contributed by atoms with van der Waals surface area (Å²) in [6, 6.07) is 4.70. The van der Waals surface area contributed by atoms with Gasteiger partial charge in [-0.2, -0.15) is 0 Å². The van der Waals surface area contributed by atoms with Gasteiger partial charge in [0.2, 0.25) is 5.91 Å². The van der Waals surface area contributed by atoms with E-state index < -0.39 is 0 Å². The number of H-pyrrole nitrogens is 1. The number of ether oxygens (including phenoxy) is 1. The fourth-order valence-corrected chi connectivity index (χ4v) is 2.57. The van der Waals surface area contributed by atoms with Gasteiger partial charge < -0.3 is 15.0 Å².